The highest BCUT2D eigenvalue weighted by Gasteiger charge is 2.02. The Morgan fingerprint density at radius 3 is 1.39 bits per heavy atom. The van der Waals surface area contributed by atoms with Gasteiger partial charge >= 0.3 is 0 Å². The molecule has 28 heavy (non-hydrogen) atoms. The average Bonchev–Trinajstić information content (AvgIpc) is 2.71. The zero-order valence-corrected chi connectivity index (χ0v) is 15.1. The van der Waals surface area contributed by atoms with Gasteiger partial charge in [0.25, 0.3) is 11.8 Å². The quantitative estimate of drug-likeness (QED) is 0.354. The van der Waals surface area contributed by atoms with Gasteiger partial charge in [0.2, 0.25) is 0 Å². The zero-order valence-electron chi connectivity index (χ0n) is 15.1. The summed E-state index contributed by atoms with van der Waals surface area (Å²) < 4.78 is 10.6. The number of carbonyl (C=O) groups is 2. The Balaban J connectivity index is 1.84. The van der Waals surface area contributed by atoms with Gasteiger partial charge in [-0.1, -0.05) is 36.4 Å². The van der Waals surface area contributed by atoms with Gasteiger partial charge in [0.1, 0.15) is 25.0 Å². The summed E-state index contributed by atoms with van der Waals surface area (Å²) in [5, 5.41) is 21.6. The molecule has 0 fully saturated rings. The Morgan fingerprint density at radius 2 is 1.07 bits per heavy atom. The van der Waals surface area contributed by atoms with E-state index in [-0.39, 0.29) is 13.2 Å². The van der Waals surface area contributed by atoms with Gasteiger partial charge in [0, 0.05) is 0 Å². The molecule has 0 aliphatic carbocycles. The normalized spacial score (nSPS) is 10.5. The fourth-order valence-corrected chi connectivity index (χ4v) is 2.12. The molecule has 0 atom stereocenters. The molecule has 2 aromatic carbocycles. The van der Waals surface area contributed by atoms with Gasteiger partial charge in [0.15, 0.2) is 13.2 Å². The molecule has 4 N–H and O–H groups in total. The number of hydrogen-bond acceptors (Lipinski definition) is 6. The molecule has 0 aromatic heterocycles. The van der Waals surface area contributed by atoms with Crippen LogP contribution in [-0.4, -0.2) is 48.7 Å². The number of carbonyl (C=O) groups excluding carboxylic acids is 2. The van der Waals surface area contributed by atoms with Crippen LogP contribution in [0.3, 0.4) is 0 Å². The zero-order chi connectivity index (χ0) is 20.2. The largest absolute Gasteiger partial charge is 0.484 e. The molecule has 0 unspecified atom stereocenters. The lowest BCUT2D eigenvalue weighted by molar-refractivity contribution is -0.125. The lowest BCUT2D eigenvalue weighted by Crippen LogP contribution is -2.29. The number of aliphatic hydroxyl groups is 2. The van der Waals surface area contributed by atoms with E-state index in [4.69, 9.17) is 19.7 Å². The smallest absolute Gasteiger partial charge is 0.259 e. The maximum atomic E-state index is 11.2. The maximum Gasteiger partial charge on any atom is 0.259 e. The minimum Gasteiger partial charge on any atom is -0.484 e. The molecule has 148 valence electrons. The minimum atomic E-state index is -0.419. The second-order valence-corrected chi connectivity index (χ2v) is 5.56. The van der Waals surface area contributed by atoms with E-state index in [9.17, 15) is 9.59 Å². The summed E-state index contributed by atoms with van der Waals surface area (Å²) in [7, 11) is 0. The van der Waals surface area contributed by atoms with E-state index < -0.39 is 25.3 Å². The Labute approximate surface area is 162 Å². The monoisotopic (exact) mass is 386 g/mol. The summed E-state index contributed by atoms with van der Waals surface area (Å²) in [4.78, 5) is 22.4. The van der Waals surface area contributed by atoms with E-state index in [1.54, 1.807) is 24.3 Å². The molecule has 0 aliphatic heterocycles. The Hall–Kier alpha value is -3.36. The lowest BCUT2D eigenvalue weighted by Gasteiger charge is -2.06. The topological polar surface area (TPSA) is 117 Å². The van der Waals surface area contributed by atoms with Crippen molar-refractivity contribution in [2.24, 2.45) is 0 Å². The van der Waals surface area contributed by atoms with E-state index in [1.165, 1.54) is 0 Å². The average molecular weight is 386 g/mol. The van der Waals surface area contributed by atoms with E-state index in [1.807, 2.05) is 36.4 Å². The van der Waals surface area contributed by atoms with Gasteiger partial charge in [-0.05, 0) is 35.4 Å². The molecule has 2 amide bonds. The third-order valence-corrected chi connectivity index (χ3v) is 3.52. The summed E-state index contributed by atoms with van der Waals surface area (Å²) in [6.07, 6.45) is 3.85. The van der Waals surface area contributed by atoms with Crippen LogP contribution in [0.5, 0.6) is 11.5 Å². The molecule has 0 spiro atoms. The molecule has 0 heterocycles. The van der Waals surface area contributed by atoms with Crippen molar-refractivity contribution in [3.8, 4) is 11.5 Å². The Morgan fingerprint density at radius 1 is 0.714 bits per heavy atom. The first-order valence-corrected chi connectivity index (χ1v) is 8.49. The summed E-state index contributed by atoms with van der Waals surface area (Å²) >= 11 is 0. The van der Waals surface area contributed by atoms with Crippen LogP contribution in [0.1, 0.15) is 11.1 Å². The number of aliphatic hydroxyl groups excluding tert-OH is 2. The van der Waals surface area contributed by atoms with Crippen LogP contribution >= 0.6 is 0 Å². The first-order valence-electron chi connectivity index (χ1n) is 8.49. The lowest BCUT2D eigenvalue weighted by atomic mass is 10.1. The van der Waals surface area contributed by atoms with Crippen LogP contribution in [0.25, 0.3) is 12.2 Å². The van der Waals surface area contributed by atoms with E-state index in [0.717, 1.165) is 11.1 Å². The van der Waals surface area contributed by atoms with Gasteiger partial charge in [-0.3, -0.25) is 9.59 Å². The number of hydrogen-bond donors (Lipinski definition) is 4. The Bertz CT molecular complexity index is 720. The van der Waals surface area contributed by atoms with Crippen LogP contribution < -0.4 is 20.1 Å². The molecule has 2 rings (SSSR count). The molecule has 0 saturated heterocycles. The Kier molecular flexibility index (Phi) is 8.51. The number of rotatable bonds is 10. The fourth-order valence-electron chi connectivity index (χ4n) is 2.12. The summed E-state index contributed by atoms with van der Waals surface area (Å²) in [6.45, 7) is -1.16. The molecule has 0 radical (unpaired) electrons. The van der Waals surface area contributed by atoms with Crippen molar-refractivity contribution in [1.82, 2.24) is 10.6 Å². The standard InChI is InChI=1S/C20H22N2O6/c23-13-21-19(25)11-27-17-7-3-15(4-8-17)1-2-16-5-9-18(10-6-16)28-12-20(26)22-14-24/h1-10,23-24H,11-14H2,(H,21,25)(H,22,26)/b2-1+. The number of benzene rings is 2. The third kappa shape index (κ3) is 7.48. The van der Waals surface area contributed by atoms with E-state index in [2.05, 4.69) is 10.6 Å². The van der Waals surface area contributed by atoms with Gasteiger partial charge in [0.05, 0.1) is 0 Å². The van der Waals surface area contributed by atoms with Crippen LogP contribution in [0, 0.1) is 0 Å². The van der Waals surface area contributed by atoms with Crippen molar-refractivity contribution in [3.05, 3.63) is 59.7 Å². The molecule has 2 aromatic rings. The van der Waals surface area contributed by atoms with Gasteiger partial charge in [-0.2, -0.15) is 0 Å². The molecule has 0 saturated carbocycles. The maximum absolute atomic E-state index is 11.2. The summed E-state index contributed by atoms with van der Waals surface area (Å²) in [5.74, 6) is 0.315. The summed E-state index contributed by atoms with van der Waals surface area (Å²) in [6, 6.07) is 14.4. The van der Waals surface area contributed by atoms with E-state index >= 15 is 0 Å². The highest BCUT2D eigenvalue weighted by atomic mass is 16.5. The predicted octanol–water partition coefficient (Wildman–Crippen LogP) is 0.747. The molecular weight excluding hydrogens is 364 g/mol. The van der Waals surface area contributed by atoms with Gasteiger partial charge in [-0.15, -0.1) is 0 Å². The number of amides is 2. The highest BCUT2D eigenvalue weighted by molar-refractivity contribution is 5.77. The molecular formula is C20H22N2O6. The molecule has 0 aliphatic rings. The van der Waals surface area contributed by atoms with Crippen molar-refractivity contribution in [3.63, 3.8) is 0 Å². The second kappa shape index (κ2) is 11.4. The van der Waals surface area contributed by atoms with Crippen LogP contribution in [0.4, 0.5) is 0 Å². The predicted molar refractivity (Wildman–Crippen MR) is 103 cm³/mol. The highest BCUT2D eigenvalue weighted by Crippen LogP contribution is 2.16. The number of ether oxygens (including phenoxy) is 2. The molecule has 8 heteroatoms. The van der Waals surface area contributed by atoms with Crippen molar-refractivity contribution < 1.29 is 29.3 Å². The van der Waals surface area contributed by atoms with Crippen molar-refractivity contribution >= 4 is 24.0 Å². The van der Waals surface area contributed by atoms with Crippen molar-refractivity contribution in [2.75, 3.05) is 26.7 Å². The minimum absolute atomic E-state index is 0.161. The van der Waals surface area contributed by atoms with Gasteiger partial charge < -0.3 is 30.3 Å². The molecule has 8 nitrogen and oxygen atoms in total. The SMILES string of the molecule is O=C(COc1ccc(/C=C/c2ccc(OCC(=O)NCO)cc2)cc1)NCO. The first kappa shape index (κ1) is 20.9. The van der Waals surface area contributed by atoms with E-state index in [0.29, 0.717) is 11.5 Å². The second-order valence-electron chi connectivity index (χ2n) is 5.56. The third-order valence-electron chi connectivity index (χ3n) is 3.52. The fraction of sp³-hybridized carbons (Fsp3) is 0.200. The first-order chi connectivity index (χ1) is 13.6. The molecule has 0 bridgehead atoms. The number of nitrogens with one attached hydrogen (secondary N) is 2. The van der Waals surface area contributed by atoms with Crippen LogP contribution in [-0.2, 0) is 9.59 Å². The van der Waals surface area contributed by atoms with Crippen LogP contribution in [0.2, 0.25) is 0 Å². The van der Waals surface area contributed by atoms with Crippen molar-refractivity contribution in [1.29, 1.82) is 0 Å². The van der Waals surface area contributed by atoms with Gasteiger partial charge in [-0.25, -0.2) is 0 Å². The van der Waals surface area contributed by atoms with Crippen LogP contribution in [0.15, 0.2) is 48.5 Å². The summed E-state index contributed by atoms with van der Waals surface area (Å²) in [5.41, 5.74) is 1.90. The van der Waals surface area contributed by atoms with Crippen molar-refractivity contribution in [2.45, 2.75) is 0 Å².